The van der Waals surface area contributed by atoms with Crippen molar-refractivity contribution in [2.75, 3.05) is 0 Å². The molecule has 0 spiro atoms. The zero-order chi connectivity index (χ0) is 14.0. The maximum atomic E-state index is 6.29. The van der Waals surface area contributed by atoms with E-state index in [0.717, 1.165) is 17.0 Å². The molecule has 0 saturated carbocycles. The highest BCUT2D eigenvalue weighted by molar-refractivity contribution is 7.12. The molecule has 2 nitrogen and oxygen atoms in total. The number of aryl methyl sites for hydroxylation is 3. The Balaban J connectivity index is 2.23. The summed E-state index contributed by atoms with van der Waals surface area (Å²) in [5.74, 6) is 5.71. The van der Waals surface area contributed by atoms with E-state index in [9.17, 15) is 0 Å². The summed E-state index contributed by atoms with van der Waals surface area (Å²) < 4.78 is 0. The number of benzene rings is 1. The molecular weight excluding hydrogens is 276 g/mol. The van der Waals surface area contributed by atoms with Crippen molar-refractivity contribution in [1.82, 2.24) is 5.43 Å². The fourth-order valence-electron chi connectivity index (χ4n) is 2.05. The highest BCUT2D eigenvalue weighted by Crippen LogP contribution is 2.30. The van der Waals surface area contributed by atoms with Crippen LogP contribution in [0.1, 0.15) is 32.5 Å². The van der Waals surface area contributed by atoms with Gasteiger partial charge in [0, 0.05) is 14.8 Å². The Kier molecular flexibility index (Phi) is 4.63. The molecule has 0 saturated heterocycles. The molecule has 0 radical (unpaired) electrons. The molecule has 1 heterocycles. The van der Waals surface area contributed by atoms with Crippen molar-refractivity contribution in [3.05, 3.63) is 55.7 Å². The molecule has 2 aromatic rings. The van der Waals surface area contributed by atoms with E-state index in [4.69, 9.17) is 17.4 Å². The van der Waals surface area contributed by atoms with Gasteiger partial charge in [-0.2, -0.15) is 0 Å². The number of rotatable bonds is 4. The summed E-state index contributed by atoms with van der Waals surface area (Å²) in [5, 5.41) is 0.810. The third-order valence-electron chi connectivity index (χ3n) is 3.36. The van der Waals surface area contributed by atoms with Crippen molar-refractivity contribution in [1.29, 1.82) is 0 Å². The van der Waals surface area contributed by atoms with E-state index in [1.165, 1.54) is 20.9 Å². The molecule has 1 aromatic heterocycles. The van der Waals surface area contributed by atoms with E-state index >= 15 is 0 Å². The Labute approximate surface area is 123 Å². The van der Waals surface area contributed by atoms with Crippen LogP contribution in [-0.4, -0.2) is 0 Å². The van der Waals surface area contributed by atoms with Gasteiger partial charge in [0.05, 0.1) is 6.04 Å². The maximum Gasteiger partial charge on any atom is 0.0594 e. The second kappa shape index (κ2) is 6.06. The Hall–Kier alpha value is -0.870. The molecule has 102 valence electrons. The maximum absolute atomic E-state index is 6.29. The third-order valence-corrected chi connectivity index (χ3v) is 4.98. The fraction of sp³-hybridized carbons (Fsp3) is 0.333. The van der Waals surface area contributed by atoms with Crippen LogP contribution < -0.4 is 11.3 Å². The lowest BCUT2D eigenvalue weighted by atomic mass is 10.0. The first-order valence-electron chi connectivity index (χ1n) is 6.29. The monoisotopic (exact) mass is 294 g/mol. The van der Waals surface area contributed by atoms with Crippen LogP contribution in [0.5, 0.6) is 0 Å². The third kappa shape index (κ3) is 3.37. The Morgan fingerprint density at radius 3 is 2.53 bits per heavy atom. The van der Waals surface area contributed by atoms with Gasteiger partial charge < -0.3 is 0 Å². The van der Waals surface area contributed by atoms with Crippen molar-refractivity contribution in [3.63, 3.8) is 0 Å². The number of nitrogens with one attached hydrogen (secondary N) is 1. The molecular formula is C15H19ClN2S. The van der Waals surface area contributed by atoms with Crippen LogP contribution in [0.3, 0.4) is 0 Å². The van der Waals surface area contributed by atoms with Crippen LogP contribution in [0.4, 0.5) is 0 Å². The summed E-state index contributed by atoms with van der Waals surface area (Å²) in [7, 11) is 0. The molecule has 1 aromatic carbocycles. The molecule has 1 unspecified atom stereocenters. The summed E-state index contributed by atoms with van der Waals surface area (Å²) in [6.45, 7) is 6.30. The minimum Gasteiger partial charge on any atom is -0.271 e. The lowest BCUT2D eigenvalue weighted by Crippen LogP contribution is -2.29. The van der Waals surface area contributed by atoms with Gasteiger partial charge in [0.1, 0.15) is 0 Å². The van der Waals surface area contributed by atoms with Gasteiger partial charge in [-0.15, -0.1) is 11.3 Å². The second-order valence-corrected chi connectivity index (χ2v) is 6.60. The number of halogens is 1. The standard InChI is InChI=1S/C15H19ClN2S/c1-9-4-5-12(13(16)6-9)8-14(18-17)15-7-10(2)11(3)19-15/h4-7,14,18H,8,17H2,1-3H3. The average Bonchev–Trinajstić information content (AvgIpc) is 2.68. The second-order valence-electron chi connectivity index (χ2n) is 4.91. The molecule has 19 heavy (non-hydrogen) atoms. The fourth-order valence-corrected chi connectivity index (χ4v) is 3.47. The first-order chi connectivity index (χ1) is 9.01. The van der Waals surface area contributed by atoms with Gasteiger partial charge in [0.15, 0.2) is 0 Å². The summed E-state index contributed by atoms with van der Waals surface area (Å²) in [5.41, 5.74) is 6.51. The highest BCUT2D eigenvalue weighted by Gasteiger charge is 2.15. The minimum absolute atomic E-state index is 0.109. The van der Waals surface area contributed by atoms with Gasteiger partial charge in [-0.25, -0.2) is 0 Å². The Morgan fingerprint density at radius 1 is 1.26 bits per heavy atom. The predicted molar refractivity (Wildman–Crippen MR) is 83.8 cm³/mol. The topological polar surface area (TPSA) is 38.0 Å². The lowest BCUT2D eigenvalue weighted by molar-refractivity contribution is 0.560. The number of nitrogens with two attached hydrogens (primary N) is 1. The molecule has 2 rings (SSSR count). The largest absolute Gasteiger partial charge is 0.271 e. The molecule has 0 bridgehead atoms. The molecule has 0 aliphatic rings. The molecule has 0 fully saturated rings. The normalized spacial score (nSPS) is 12.7. The van der Waals surface area contributed by atoms with Crippen molar-refractivity contribution >= 4 is 22.9 Å². The summed E-state index contributed by atoms with van der Waals surface area (Å²) in [6.07, 6.45) is 0.801. The Morgan fingerprint density at radius 2 is 2.00 bits per heavy atom. The molecule has 4 heteroatoms. The van der Waals surface area contributed by atoms with Gasteiger partial charge in [-0.1, -0.05) is 23.7 Å². The van der Waals surface area contributed by atoms with Gasteiger partial charge >= 0.3 is 0 Å². The van der Waals surface area contributed by atoms with Gasteiger partial charge in [0.2, 0.25) is 0 Å². The van der Waals surface area contributed by atoms with Crippen LogP contribution in [0, 0.1) is 20.8 Å². The highest BCUT2D eigenvalue weighted by atomic mass is 35.5. The predicted octanol–water partition coefficient (Wildman–Crippen LogP) is 4.07. The number of hydrazine groups is 1. The Bertz CT molecular complexity index is 558. The van der Waals surface area contributed by atoms with Crippen LogP contribution in [0.25, 0.3) is 0 Å². The van der Waals surface area contributed by atoms with Crippen LogP contribution in [-0.2, 0) is 6.42 Å². The van der Waals surface area contributed by atoms with Crippen molar-refractivity contribution in [2.24, 2.45) is 5.84 Å². The smallest absolute Gasteiger partial charge is 0.0594 e. The number of hydrogen-bond donors (Lipinski definition) is 2. The van der Waals surface area contributed by atoms with Gasteiger partial charge in [-0.3, -0.25) is 11.3 Å². The van der Waals surface area contributed by atoms with Crippen molar-refractivity contribution in [3.8, 4) is 0 Å². The van der Waals surface area contributed by atoms with Crippen molar-refractivity contribution < 1.29 is 0 Å². The van der Waals surface area contributed by atoms with E-state index in [1.807, 2.05) is 13.0 Å². The molecule has 0 aliphatic heterocycles. The quantitative estimate of drug-likeness (QED) is 0.659. The van der Waals surface area contributed by atoms with E-state index in [2.05, 4.69) is 37.5 Å². The minimum atomic E-state index is 0.109. The lowest BCUT2D eigenvalue weighted by Gasteiger charge is -2.15. The van der Waals surface area contributed by atoms with Crippen molar-refractivity contribution in [2.45, 2.75) is 33.2 Å². The SMILES string of the molecule is Cc1ccc(CC(NN)c2cc(C)c(C)s2)c(Cl)c1. The molecule has 0 amide bonds. The number of thiophene rings is 1. The van der Waals surface area contributed by atoms with E-state index in [1.54, 1.807) is 11.3 Å². The van der Waals surface area contributed by atoms with E-state index in [0.29, 0.717) is 0 Å². The molecule has 1 atom stereocenters. The van der Waals surface area contributed by atoms with Gasteiger partial charge in [-0.05, 0) is 56.0 Å². The van der Waals surface area contributed by atoms with Crippen LogP contribution in [0.2, 0.25) is 5.02 Å². The first kappa shape index (κ1) is 14.5. The summed E-state index contributed by atoms with van der Waals surface area (Å²) in [4.78, 5) is 2.60. The average molecular weight is 295 g/mol. The zero-order valence-corrected chi connectivity index (χ0v) is 13.0. The summed E-state index contributed by atoms with van der Waals surface area (Å²) >= 11 is 8.08. The van der Waals surface area contributed by atoms with Crippen LogP contribution >= 0.6 is 22.9 Å². The van der Waals surface area contributed by atoms with Gasteiger partial charge in [0.25, 0.3) is 0 Å². The first-order valence-corrected chi connectivity index (χ1v) is 7.48. The summed E-state index contributed by atoms with van der Waals surface area (Å²) in [6, 6.07) is 8.47. The van der Waals surface area contributed by atoms with E-state index in [-0.39, 0.29) is 6.04 Å². The molecule has 0 aliphatic carbocycles. The van der Waals surface area contributed by atoms with Crippen LogP contribution in [0.15, 0.2) is 24.3 Å². The van der Waals surface area contributed by atoms with E-state index < -0.39 is 0 Å². The zero-order valence-electron chi connectivity index (χ0n) is 11.5. The molecule has 3 N–H and O–H groups in total. The number of hydrogen-bond acceptors (Lipinski definition) is 3.